The maximum Gasteiger partial charge on any atom is 0.332 e. The van der Waals surface area contributed by atoms with Gasteiger partial charge in [0, 0.05) is 27.2 Å². The minimum atomic E-state index is -0.368. The molecule has 0 amide bonds. The molecule has 0 bridgehead atoms. The van der Waals surface area contributed by atoms with E-state index in [9.17, 15) is 14.7 Å². The third-order valence-corrected chi connectivity index (χ3v) is 4.89. The number of aromatic nitrogens is 4. The zero-order valence-corrected chi connectivity index (χ0v) is 15.9. The predicted octanol–water partition coefficient (Wildman–Crippen LogP) is 0.874. The zero-order valence-electron chi connectivity index (χ0n) is 15.9. The first-order valence-electron chi connectivity index (χ1n) is 9.46. The molecule has 0 aliphatic rings. The van der Waals surface area contributed by atoms with Crippen molar-refractivity contribution in [2.75, 3.05) is 6.54 Å². The van der Waals surface area contributed by atoms with Crippen molar-refractivity contribution in [1.29, 1.82) is 0 Å². The van der Waals surface area contributed by atoms with Gasteiger partial charge in [0.1, 0.15) is 0 Å². The third-order valence-electron chi connectivity index (χ3n) is 4.89. The molecular weight excluding hydrogens is 334 g/mol. The molecule has 2 rings (SSSR count). The molecule has 0 saturated carbocycles. The summed E-state index contributed by atoms with van der Waals surface area (Å²) >= 11 is 0. The van der Waals surface area contributed by atoms with Crippen LogP contribution in [0.5, 0.6) is 0 Å². The average Bonchev–Trinajstić information content (AvgIpc) is 3.02. The van der Waals surface area contributed by atoms with Gasteiger partial charge in [-0.15, -0.1) is 0 Å². The lowest BCUT2D eigenvalue weighted by molar-refractivity contribution is 0.168. The second kappa shape index (κ2) is 9.68. The van der Waals surface area contributed by atoms with Crippen LogP contribution in [0.2, 0.25) is 0 Å². The summed E-state index contributed by atoms with van der Waals surface area (Å²) in [5, 5.41) is 9.39. The number of fused-ring (bicyclic) bond motifs is 1. The first kappa shape index (κ1) is 20.4. The highest BCUT2D eigenvalue weighted by molar-refractivity contribution is 5.69. The highest BCUT2D eigenvalue weighted by atomic mass is 16.3. The Balaban J connectivity index is 1.78. The fraction of sp³-hybridized carbons (Fsp3) is 0.722. The molecular formula is C18H31N5O3. The lowest BCUT2D eigenvalue weighted by Gasteiger charge is -2.09. The molecule has 0 aliphatic heterocycles. The van der Waals surface area contributed by atoms with Crippen LogP contribution in [0.25, 0.3) is 11.2 Å². The third kappa shape index (κ3) is 4.82. The summed E-state index contributed by atoms with van der Waals surface area (Å²) < 4.78 is 4.42. The summed E-state index contributed by atoms with van der Waals surface area (Å²) in [4.78, 5) is 29.1. The smallest absolute Gasteiger partial charge is 0.332 e. The molecule has 8 nitrogen and oxygen atoms in total. The molecule has 26 heavy (non-hydrogen) atoms. The van der Waals surface area contributed by atoms with Gasteiger partial charge in [0.2, 0.25) is 0 Å². The van der Waals surface area contributed by atoms with Crippen molar-refractivity contribution in [2.45, 2.75) is 64.0 Å². The second-order valence-corrected chi connectivity index (χ2v) is 6.98. The molecule has 2 heterocycles. The largest absolute Gasteiger partial charge is 0.392 e. The molecule has 2 aromatic rings. The number of hydrogen-bond donors (Lipinski definition) is 2. The molecule has 1 unspecified atom stereocenters. The summed E-state index contributed by atoms with van der Waals surface area (Å²) in [6.07, 6.45) is 9.24. The second-order valence-electron chi connectivity index (χ2n) is 6.98. The number of hydrogen-bond acceptors (Lipinski definition) is 5. The van der Waals surface area contributed by atoms with Crippen molar-refractivity contribution in [3.63, 3.8) is 0 Å². The van der Waals surface area contributed by atoms with E-state index in [1.165, 1.54) is 9.13 Å². The number of aryl methyl sites for hydroxylation is 2. The van der Waals surface area contributed by atoms with Gasteiger partial charge in [-0.05, 0) is 12.8 Å². The van der Waals surface area contributed by atoms with Crippen LogP contribution < -0.4 is 17.0 Å². The maximum atomic E-state index is 12.6. The molecule has 0 radical (unpaired) electrons. The summed E-state index contributed by atoms with van der Waals surface area (Å²) in [7, 11) is 3.41. The number of nitrogens with two attached hydrogens (primary N) is 1. The van der Waals surface area contributed by atoms with Crippen molar-refractivity contribution in [1.82, 2.24) is 18.7 Å². The number of aliphatic hydroxyl groups excluding tert-OH is 1. The normalized spacial score (nSPS) is 12.8. The number of rotatable bonds is 11. The lowest BCUT2D eigenvalue weighted by Crippen LogP contribution is -2.39. The Kier molecular flexibility index (Phi) is 7.59. The van der Waals surface area contributed by atoms with Crippen molar-refractivity contribution in [3.05, 3.63) is 27.2 Å². The Bertz CT molecular complexity index is 821. The highest BCUT2D eigenvalue weighted by Gasteiger charge is 2.14. The highest BCUT2D eigenvalue weighted by Crippen LogP contribution is 2.10. The number of imidazole rings is 1. The van der Waals surface area contributed by atoms with Gasteiger partial charge in [-0.1, -0.05) is 38.5 Å². The van der Waals surface area contributed by atoms with Crippen LogP contribution in [0, 0.1) is 0 Å². The first-order chi connectivity index (χ1) is 12.5. The molecule has 0 aliphatic carbocycles. The Morgan fingerprint density at radius 3 is 2.35 bits per heavy atom. The van der Waals surface area contributed by atoms with E-state index in [1.54, 1.807) is 25.0 Å². The van der Waals surface area contributed by atoms with Crippen LogP contribution in [-0.4, -0.2) is 36.4 Å². The SMILES string of the molecule is Cn1cnc2c1c(=O)n(CCCCCCCCCC(O)CN)c(=O)n2C. The van der Waals surface area contributed by atoms with Crippen LogP contribution in [0.4, 0.5) is 0 Å². The summed E-state index contributed by atoms with van der Waals surface area (Å²) in [5.74, 6) is 0. The number of unbranched alkanes of at least 4 members (excludes halogenated alkanes) is 6. The monoisotopic (exact) mass is 365 g/mol. The van der Waals surface area contributed by atoms with E-state index in [0.29, 0.717) is 24.3 Å². The Morgan fingerprint density at radius 1 is 1.08 bits per heavy atom. The van der Waals surface area contributed by atoms with Gasteiger partial charge in [0.15, 0.2) is 11.2 Å². The van der Waals surface area contributed by atoms with Gasteiger partial charge in [-0.2, -0.15) is 0 Å². The molecule has 8 heteroatoms. The molecule has 1 atom stereocenters. The molecule has 146 valence electrons. The van der Waals surface area contributed by atoms with Crippen LogP contribution >= 0.6 is 0 Å². The van der Waals surface area contributed by atoms with E-state index in [4.69, 9.17) is 5.73 Å². The molecule has 0 spiro atoms. The van der Waals surface area contributed by atoms with E-state index >= 15 is 0 Å². The average molecular weight is 365 g/mol. The summed E-state index contributed by atoms with van der Waals surface area (Å²) in [6.45, 7) is 0.777. The minimum absolute atomic E-state index is 0.262. The van der Waals surface area contributed by atoms with Crippen LogP contribution in [0.15, 0.2) is 15.9 Å². The quantitative estimate of drug-likeness (QED) is 0.575. The van der Waals surface area contributed by atoms with E-state index in [2.05, 4.69) is 4.98 Å². The van der Waals surface area contributed by atoms with Crippen molar-refractivity contribution in [3.8, 4) is 0 Å². The first-order valence-corrected chi connectivity index (χ1v) is 9.46. The fourth-order valence-electron chi connectivity index (χ4n) is 3.25. The molecule has 0 saturated heterocycles. The van der Waals surface area contributed by atoms with Gasteiger partial charge in [-0.25, -0.2) is 9.78 Å². The topological polar surface area (TPSA) is 108 Å². The Morgan fingerprint density at radius 2 is 1.69 bits per heavy atom. The van der Waals surface area contributed by atoms with Gasteiger partial charge in [0.05, 0.1) is 12.4 Å². The molecule has 0 aromatic carbocycles. The minimum Gasteiger partial charge on any atom is -0.392 e. The van der Waals surface area contributed by atoms with Crippen molar-refractivity contribution >= 4 is 11.2 Å². The lowest BCUT2D eigenvalue weighted by atomic mass is 10.1. The molecule has 0 fully saturated rings. The van der Waals surface area contributed by atoms with Crippen molar-refractivity contribution < 1.29 is 5.11 Å². The zero-order chi connectivity index (χ0) is 19.1. The molecule has 3 N–H and O–H groups in total. The van der Waals surface area contributed by atoms with E-state index in [-0.39, 0.29) is 17.4 Å². The van der Waals surface area contributed by atoms with Crippen LogP contribution in [0.3, 0.4) is 0 Å². The fourth-order valence-corrected chi connectivity index (χ4v) is 3.25. The Hall–Kier alpha value is -1.93. The van der Waals surface area contributed by atoms with Crippen LogP contribution in [-0.2, 0) is 20.6 Å². The summed E-state index contributed by atoms with van der Waals surface area (Å²) in [6, 6.07) is 0. The number of aliphatic hydroxyl groups is 1. The molecule has 2 aromatic heterocycles. The maximum absolute atomic E-state index is 12.6. The van der Waals surface area contributed by atoms with E-state index in [1.807, 2.05) is 0 Å². The summed E-state index contributed by atoms with van der Waals surface area (Å²) in [5.41, 5.74) is 5.70. The van der Waals surface area contributed by atoms with Gasteiger partial charge in [-0.3, -0.25) is 13.9 Å². The van der Waals surface area contributed by atoms with E-state index in [0.717, 1.165) is 51.4 Å². The van der Waals surface area contributed by atoms with Crippen LogP contribution in [0.1, 0.15) is 51.4 Å². The van der Waals surface area contributed by atoms with E-state index < -0.39 is 0 Å². The Labute approximate surface area is 153 Å². The van der Waals surface area contributed by atoms with Gasteiger partial charge in [0.25, 0.3) is 5.56 Å². The van der Waals surface area contributed by atoms with Gasteiger partial charge >= 0.3 is 5.69 Å². The van der Waals surface area contributed by atoms with Gasteiger partial charge < -0.3 is 15.4 Å². The number of nitrogens with zero attached hydrogens (tertiary/aromatic N) is 4. The van der Waals surface area contributed by atoms with Crippen molar-refractivity contribution in [2.24, 2.45) is 19.8 Å². The standard InChI is InChI=1S/C18H31N5O3/c1-21-13-20-16-15(21)17(25)23(18(26)22(16)2)11-9-7-5-3-4-6-8-10-14(24)12-19/h13-14,24H,3-12,19H2,1-2H3. The predicted molar refractivity (Wildman–Crippen MR) is 102 cm³/mol.